The molecular formula is C11H15Cl2N3. The van der Waals surface area contributed by atoms with Crippen molar-refractivity contribution < 1.29 is 0 Å². The molecule has 1 heterocycles. The third-order valence-electron chi connectivity index (χ3n) is 2.18. The van der Waals surface area contributed by atoms with E-state index in [0.29, 0.717) is 6.54 Å². The molecule has 2 rings (SSSR count). The number of benzene rings is 1. The van der Waals surface area contributed by atoms with E-state index in [1.165, 1.54) is 5.56 Å². The average Bonchev–Trinajstić information content (AvgIpc) is 2.67. The molecule has 0 aliphatic rings. The second-order valence-electron chi connectivity index (χ2n) is 3.31. The van der Waals surface area contributed by atoms with Crippen molar-refractivity contribution in [2.24, 2.45) is 5.73 Å². The fourth-order valence-corrected chi connectivity index (χ4v) is 1.35. The van der Waals surface area contributed by atoms with E-state index < -0.39 is 0 Å². The van der Waals surface area contributed by atoms with Crippen LogP contribution >= 0.6 is 24.8 Å². The van der Waals surface area contributed by atoms with E-state index in [0.717, 1.165) is 17.1 Å². The summed E-state index contributed by atoms with van der Waals surface area (Å²) in [5.74, 6) is 0.820. The maximum absolute atomic E-state index is 5.47. The number of hydrogen-bond acceptors (Lipinski definition) is 2. The van der Waals surface area contributed by atoms with Crippen LogP contribution in [0.5, 0.6) is 0 Å². The number of aromatic nitrogens is 2. The minimum atomic E-state index is 0. The number of H-pyrrole nitrogens is 1. The molecule has 16 heavy (non-hydrogen) atoms. The van der Waals surface area contributed by atoms with Gasteiger partial charge in [0.15, 0.2) is 0 Å². The summed E-state index contributed by atoms with van der Waals surface area (Å²) >= 11 is 0. The van der Waals surface area contributed by atoms with Gasteiger partial charge in [0.1, 0.15) is 5.82 Å². The Bertz CT molecular complexity index is 423. The van der Waals surface area contributed by atoms with Gasteiger partial charge in [0, 0.05) is 0 Å². The molecule has 0 spiro atoms. The lowest BCUT2D eigenvalue weighted by Gasteiger charge is -1.97. The van der Waals surface area contributed by atoms with Gasteiger partial charge >= 0.3 is 0 Å². The van der Waals surface area contributed by atoms with Crippen LogP contribution in [0.25, 0.3) is 11.3 Å². The summed E-state index contributed by atoms with van der Waals surface area (Å²) in [5, 5.41) is 0. The first kappa shape index (κ1) is 15.0. The summed E-state index contributed by atoms with van der Waals surface area (Å²) in [7, 11) is 0. The van der Waals surface area contributed by atoms with E-state index in [9.17, 15) is 0 Å². The molecule has 0 aliphatic carbocycles. The van der Waals surface area contributed by atoms with Gasteiger partial charge in [-0.1, -0.05) is 29.8 Å². The summed E-state index contributed by atoms with van der Waals surface area (Å²) in [6, 6.07) is 8.31. The van der Waals surface area contributed by atoms with E-state index in [1.807, 2.05) is 6.20 Å². The van der Waals surface area contributed by atoms with Crippen LogP contribution in [0.1, 0.15) is 11.4 Å². The van der Waals surface area contributed by atoms with Gasteiger partial charge in [-0.25, -0.2) is 4.98 Å². The molecule has 3 N–H and O–H groups in total. The van der Waals surface area contributed by atoms with Crippen molar-refractivity contribution in [3.63, 3.8) is 0 Å². The van der Waals surface area contributed by atoms with Crippen LogP contribution in [-0.2, 0) is 6.54 Å². The Kier molecular flexibility index (Phi) is 6.11. The Morgan fingerprint density at radius 1 is 1.19 bits per heavy atom. The lowest BCUT2D eigenvalue weighted by atomic mass is 10.1. The molecule has 3 nitrogen and oxygen atoms in total. The first-order chi connectivity index (χ1) is 6.79. The van der Waals surface area contributed by atoms with Crippen LogP contribution in [0.15, 0.2) is 30.5 Å². The smallest absolute Gasteiger partial charge is 0.120 e. The highest BCUT2D eigenvalue weighted by Gasteiger charge is 2.00. The molecule has 0 radical (unpaired) electrons. The highest BCUT2D eigenvalue weighted by atomic mass is 35.5. The molecule has 0 saturated heterocycles. The normalized spacial score (nSPS) is 9.12. The molecule has 1 aromatic carbocycles. The van der Waals surface area contributed by atoms with Gasteiger partial charge in [0.2, 0.25) is 0 Å². The summed E-state index contributed by atoms with van der Waals surface area (Å²) in [4.78, 5) is 7.32. The Morgan fingerprint density at radius 2 is 1.81 bits per heavy atom. The number of nitrogens with two attached hydrogens (primary N) is 1. The topological polar surface area (TPSA) is 54.7 Å². The van der Waals surface area contributed by atoms with Crippen LogP contribution in [0.3, 0.4) is 0 Å². The van der Waals surface area contributed by atoms with Crippen molar-refractivity contribution in [3.8, 4) is 11.3 Å². The van der Waals surface area contributed by atoms with E-state index in [2.05, 4.69) is 41.2 Å². The molecule has 0 atom stereocenters. The molecule has 0 saturated carbocycles. The number of rotatable bonds is 2. The van der Waals surface area contributed by atoms with Gasteiger partial charge in [0.05, 0.1) is 18.4 Å². The minimum absolute atomic E-state index is 0. The minimum Gasteiger partial charge on any atom is -0.341 e. The first-order valence-corrected chi connectivity index (χ1v) is 4.60. The van der Waals surface area contributed by atoms with Crippen LogP contribution in [0, 0.1) is 6.92 Å². The van der Waals surface area contributed by atoms with Gasteiger partial charge in [-0.05, 0) is 12.5 Å². The van der Waals surface area contributed by atoms with Gasteiger partial charge in [-0.15, -0.1) is 24.8 Å². The van der Waals surface area contributed by atoms with E-state index >= 15 is 0 Å². The molecule has 0 aliphatic heterocycles. The summed E-state index contributed by atoms with van der Waals surface area (Å²) < 4.78 is 0. The fourth-order valence-electron chi connectivity index (χ4n) is 1.35. The van der Waals surface area contributed by atoms with Crippen LogP contribution in [0.4, 0.5) is 0 Å². The molecule has 0 amide bonds. The average molecular weight is 260 g/mol. The summed E-state index contributed by atoms with van der Waals surface area (Å²) in [6.07, 6.45) is 1.81. The monoisotopic (exact) mass is 259 g/mol. The number of imidazole rings is 1. The van der Waals surface area contributed by atoms with Gasteiger partial charge in [0.25, 0.3) is 0 Å². The third-order valence-corrected chi connectivity index (χ3v) is 2.18. The zero-order chi connectivity index (χ0) is 9.97. The highest BCUT2D eigenvalue weighted by Crippen LogP contribution is 2.17. The Morgan fingerprint density at radius 3 is 2.31 bits per heavy atom. The number of aromatic amines is 1. The third kappa shape index (κ3) is 3.23. The molecule has 1 aromatic heterocycles. The standard InChI is InChI=1S/C11H13N3.2ClH/c1-8-2-4-9(5-3-8)10-7-13-11(6-12)14-10;;/h2-5,7H,6,12H2,1H3,(H,13,14);2*1H. The van der Waals surface area contributed by atoms with Gasteiger partial charge < -0.3 is 10.7 Å². The van der Waals surface area contributed by atoms with Crippen molar-refractivity contribution in [2.75, 3.05) is 0 Å². The number of halogens is 2. The van der Waals surface area contributed by atoms with Crippen molar-refractivity contribution in [1.82, 2.24) is 9.97 Å². The SMILES string of the molecule is Cc1ccc(-c2cnc(CN)[nH]2)cc1.Cl.Cl. The van der Waals surface area contributed by atoms with Crippen LogP contribution in [-0.4, -0.2) is 9.97 Å². The molecule has 0 bridgehead atoms. The molecular weight excluding hydrogens is 245 g/mol. The van der Waals surface area contributed by atoms with Crippen molar-refractivity contribution in [2.45, 2.75) is 13.5 Å². The lowest BCUT2D eigenvalue weighted by Crippen LogP contribution is -1.97. The maximum Gasteiger partial charge on any atom is 0.120 e. The van der Waals surface area contributed by atoms with Crippen molar-refractivity contribution in [3.05, 3.63) is 41.9 Å². The molecule has 5 heteroatoms. The molecule has 88 valence electrons. The van der Waals surface area contributed by atoms with Crippen LogP contribution < -0.4 is 5.73 Å². The lowest BCUT2D eigenvalue weighted by molar-refractivity contribution is 0.950. The molecule has 0 unspecified atom stereocenters. The predicted molar refractivity (Wildman–Crippen MR) is 71.1 cm³/mol. The van der Waals surface area contributed by atoms with Gasteiger partial charge in [-0.3, -0.25) is 0 Å². The fraction of sp³-hybridized carbons (Fsp3) is 0.182. The van der Waals surface area contributed by atoms with E-state index in [4.69, 9.17) is 5.73 Å². The van der Waals surface area contributed by atoms with Gasteiger partial charge in [-0.2, -0.15) is 0 Å². The van der Waals surface area contributed by atoms with E-state index in [1.54, 1.807) is 0 Å². The van der Waals surface area contributed by atoms with Crippen LogP contribution in [0.2, 0.25) is 0 Å². The first-order valence-electron chi connectivity index (χ1n) is 4.60. The Labute approximate surface area is 107 Å². The molecule has 2 aromatic rings. The zero-order valence-electron chi connectivity index (χ0n) is 8.93. The second kappa shape index (κ2) is 6.53. The quantitative estimate of drug-likeness (QED) is 0.872. The molecule has 0 fully saturated rings. The summed E-state index contributed by atoms with van der Waals surface area (Å²) in [6.45, 7) is 2.52. The summed E-state index contributed by atoms with van der Waals surface area (Å²) in [5.41, 5.74) is 8.89. The number of aryl methyl sites for hydroxylation is 1. The Balaban J connectivity index is 0.00000112. The van der Waals surface area contributed by atoms with Crippen molar-refractivity contribution in [1.29, 1.82) is 0 Å². The number of nitrogens with one attached hydrogen (secondary N) is 1. The van der Waals surface area contributed by atoms with Crippen molar-refractivity contribution >= 4 is 24.8 Å². The maximum atomic E-state index is 5.47. The van der Waals surface area contributed by atoms with E-state index in [-0.39, 0.29) is 24.8 Å². The predicted octanol–water partition coefficient (Wildman–Crippen LogP) is 2.69. The number of nitrogens with zero attached hydrogens (tertiary/aromatic N) is 1. The zero-order valence-corrected chi connectivity index (χ0v) is 10.6. The Hall–Kier alpha value is -1.03. The highest BCUT2D eigenvalue weighted by molar-refractivity contribution is 5.85. The second-order valence-corrected chi connectivity index (χ2v) is 3.31. The number of hydrogen-bond donors (Lipinski definition) is 2. The largest absolute Gasteiger partial charge is 0.341 e.